The van der Waals surface area contributed by atoms with Crippen LogP contribution in [-0.4, -0.2) is 55.6 Å². The van der Waals surface area contributed by atoms with Crippen molar-refractivity contribution in [3.63, 3.8) is 0 Å². The van der Waals surface area contributed by atoms with Crippen molar-refractivity contribution in [3.05, 3.63) is 83.6 Å². The van der Waals surface area contributed by atoms with Gasteiger partial charge in [-0.15, -0.1) is 0 Å². The molecule has 3 aliphatic rings. The van der Waals surface area contributed by atoms with Crippen LogP contribution in [0.3, 0.4) is 0 Å². The molecule has 8 rings (SSSR count). The van der Waals surface area contributed by atoms with Crippen molar-refractivity contribution in [2.24, 2.45) is 11.7 Å². The number of rotatable bonds is 2. The molecule has 5 heterocycles. The molecule has 0 radical (unpaired) electrons. The van der Waals surface area contributed by atoms with Crippen molar-refractivity contribution in [2.45, 2.75) is 57.3 Å². The van der Waals surface area contributed by atoms with E-state index in [-0.39, 0.29) is 18.0 Å². The van der Waals surface area contributed by atoms with Crippen LogP contribution >= 0.6 is 0 Å². The molecule has 0 spiro atoms. The lowest BCUT2D eigenvalue weighted by atomic mass is 10.1. The Balaban J connectivity index is 1.33. The molecule has 1 aliphatic carbocycles. The number of carbonyl (C=O) groups is 1. The van der Waals surface area contributed by atoms with E-state index in [1.165, 1.54) is 11.1 Å². The normalized spacial score (nSPS) is 22.4. The number of allylic oxidation sites excluding steroid dienone is 1. The first-order valence-corrected chi connectivity index (χ1v) is 15.4. The molecule has 8 heteroatoms. The lowest BCUT2D eigenvalue weighted by molar-refractivity contribution is 0.0700. The van der Waals surface area contributed by atoms with Crippen LogP contribution in [0.4, 0.5) is 0 Å². The molecule has 1 saturated carbocycles. The number of hydrogen-bond donors (Lipinski definition) is 1. The average Bonchev–Trinajstić information content (AvgIpc) is 3.77. The molecule has 2 fully saturated rings. The second-order valence-corrected chi connectivity index (χ2v) is 12.2. The van der Waals surface area contributed by atoms with Crippen LogP contribution in [0.15, 0.2) is 66.9 Å². The van der Waals surface area contributed by atoms with Crippen LogP contribution in [0.25, 0.3) is 39.7 Å². The number of piperidine rings is 1. The van der Waals surface area contributed by atoms with Gasteiger partial charge in [0, 0.05) is 48.9 Å². The summed E-state index contributed by atoms with van der Waals surface area (Å²) in [7, 11) is 1.67. The third kappa shape index (κ3) is 4.35. The van der Waals surface area contributed by atoms with E-state index >= 15 is 0 Å². The van der Waals surface area contributed by atoms with Crippen LogP contribution in [-0.2, 0) is 13.1 Å². The van der Waals surface area contributed by atoms with Crippen LogP contribution in [0.5, 0.6) is 5.75 Å². The quantitative estimate of drug-likeness (QED) is 0.286. The van der Waals surface area contributed by atoms with E-state index in [4.69, 9.17) is 20.4 Å². The SMILES string of the molecule is COc1cc(C(=O)N2CC3CCC2[C@@H]3N)cc2nc3n(c12)Cc1cccc(c1)/C=C\CCCCn1c-3cc2cccnc21. The lowest BCUT2D eigenvalue weighted by Crippen LogP contribution is -2.41. The number of fused-ring (bicyclic) bond motifs is 11. The lowest BCUT2D eigenvalue weighted by Gasteiger charge is -2.27. The summed E-state index contributed by atoms with van der Waals surface area (Å²) in [5.41, 5.74) is 13.0. The fourth-order valence-corrected chi connectivity index (χ4v) is 7.53. The van der Waals surface area contributed by atoms with Gasteiger partial charge in [0.05, 0.1) is 18.3 Å². The molecule has 2 aromatic carbocycles. The molecule has 2 N–H and O–H groups in total. The number of aromatic nitrogens is 4. The minimum Gasteiger partial charge on any atom is -0.494 e. The first kappa shape index (κ1) is 26.2. The summed E-state index contributed by atoms with van der Waals surface area (Å²) in [5, 5.41) is 1.09. The first-order valence-electron chi connectivity index (χ1n) is 15.4. The summed E-state index contributed by atoms with van der Waals surface area (Å²) in [4.78, 5) is 25.9. The Labute approximate surface area is 250 Å². The van der Waals surface area contributed by atoms with E-state index in [9.17, 15) is 4.79 Å². The monoisotopic (exact) mass is 572 g/mol. The van der Waals surface area contributed by atoms with Crippen LogP contribution in [0.1, 0.15) is 53.6 Å². The standard InChI is InChI=1S/C35H36N6O2/c1-43-30-19-26(35(42)40-21-25-12-13-28(40)31(25)36)17-27-32(30)41-20-23-10-6-9-22(16-23)8-4-2-3-5-15-39-29(34(41)38-27)18-24-11-7-14-37-33(24)39/h4,6-11,14,16-19,25,28,31H,2-3,5,12-13,15,20-21,36H2,1H3/b8-4-/t25?,28?,31-/m1/s1. The van der Waals surface area contributed by atoms with Crippen LogP contribution in [0.2, 0.25) is 0 Å². The molecule has 218 valence electrons. The Morgan fingerprint density at radius 3 is 2.81 bits per heavy atom. The number of imidazole rings is 1. The number of likely N-dealkylation sites (tertiary alicyclic amines) is 1. The van der Waals surface area contributed by atoms with Gasteiger partial charge in [-0.25, -0.2) is 9.97 Å². The maximum Gasteiger partial charge on any atom is 0.254 e. The zero-order valence-electron chi connectivity index (χ0n) is 24.4. The number of aryl methyl sites for hydroxylation is 1. The van der Waals surface area contributed by atoms with Gasteiger partial charge < -0.3 is 24.5 Å². The molecule has 3 aromatic heterocycles. The minimum absolute atomic E-state index is 0.00939. The fourth-order valence-electron chi connectivity index (χ4n) is 7.53. The number of nitrogens with zero attached hydrogens (tertiary/aromatic N) is 5. The molecule has 43 heavy (non-hydrogen) atoms. The van der Waals surface area contributed by atoms with Crippen molar-refractivity contribution < 1.29 is 9.53 Å². The van der Waals surface area contributed by atoms with E-state index in [1.807, 2.05) is 29.3 Å². The summed E-state index contributed by atoms with van der Waals surface area (Å²) >= 11 is 0. The number of ether oxygens (including phenoxy) is 1. The molecule has 3 atom stereocenters. The van der Waals surface area contributed by atoms with Gasteiger partial charge in [-0.2, -0.15) is 0 Å². The molecule has 5 aromatic rings. The summed E-state index contributed by atoms with van der Waals surface area (Å²) in [5.74, 6) is 1.89. The van der Waals surface area contributed by atoms with E-state index in [0.29, 0.717) is 23.8 Å². The summed E-state index contributed by atoms with van der Waals surface area (Å²) in [6, 6.07) is 19.0. The third-order valence-electron chi connectivity index (χ3n) is 9.68. The highest BCUT2D eigenvalue weighted by Crippen LogP contribution is 2.39. The molecule has 1 amide bonds. The highest BCUT2D eigenvalue weighted by atomic mass is 16.5. The minimum atomic E-state index is 0.00939. The van der Waals surface area contributed by atoms with E-state index in [0.717, 1.165) is 78.8 Å². The second-order valence-electron chi connectivity index (χ2n) is 12.2. The maximum absolute atomic E-state index is 13.9. The fraction of sp³-hybridized carbons (Fsp3) is 0.343. The van der Waals surface area contributed by atoms with E-state index < -0.39 is 0 Å². The van der Waals surface area contributed by atoms with Gasteiger partial charge in [0.1, 0.15) is 16.9 Å². The third-order valence-corrected chi connectivity index (χ3v) is 9.68. The van der Waals surface area contributed by atoms with Crippen LogP contribution < -0.4 is 10.5 Å². The number of nitrogens with two attached hydrogens (primary N) is 1. The zero-order valence-corrected chi connectivity index (χ0v) is 24.4. The van der Waals surface area contributed by atoms with Crippen LogP contribution in [0, 0.1) is 5.92 Å². The Bertz CT molecular complexity index is 1900. The molecule has 1 saturated heterocycles. The van der Waals surface area contributed by atoms with E-state index in [1.54, 1.807) is 7.11 Å². The number of carbonyl (C=O) groups excluding carboxylic acids is 1. The van der Waals surface area contributed by atoms with Crippen molar-refractivity contribution in [1.29, 1.82) is 0 Å². The Kier molecular flexibility index (Phi) is 6.33. The Morgan fingerprint density at radius 2 is 1.98 bits per heavy atom. The highest BCUT2D eigenvalue weighted by Gasteiger charge is 2.47. The Hall–Kier alpha value is -4.43. The number of amides is 1. The summed E-state index contributed by atoms with van der Waals surface area (Å²) < 4.78 is 10.6. The second kappa shape index (κ2) is 10.4. The molecule has 2 unspecified atom stereocenters. The molecular formula is C35H36N6O2. The van der Waals surface area contributed by atoms with E-state index in [2.05, 4.69) is 57.7 Å². The van der Waals surface area contributed by atoms with Crippen molar-refractivity contribution >= 4 is 34.1 Å². The molecular weight excluding hydrogens is 536 g/mol. The smallest absolute Gasteiger partial charge is 0.254 e. The number of methoxy groups -OCH3 is 1. The largest absolute Gasteiger partial charge is 0.494 e. The number of benzene rings is 2. The summed E-state index contributed by atoms with van der Waals surface area (Å²) in [6.45, 7) is 2.18. The predicted octanol–water partition coefficient (Wildman–Crippen LogP) is 5.87. The van der Waals surface area contributed by atoms with Gasteiger partial charge in [-0.05, 0) is 85.5 Å². The average molecular weight is 573 g/mol. The summed E-state index contributed by atoms with van der Waals surface area (Å²) in [6.07, 6.45) is 11.6. The predicted molar refractivity (Wildman–Crippen MR) is 169 cm³/mol. The highest BCUT2D eigenvalue weighted by molar-refractivity contribution is 6.00. The molecule has 2 aliphatic heterocycles. The van der Waals surface area contributed by atoms with Gasteiger partial charge in [0.25, 0.3) is 5.91 Å². The number of pyridine rings is 1. The van der Waals surface area contributed by atoms with Crippen molar-refractivity contribution in [1.82, 2.24) is 24.0 Å². The number of hydrogen-bond acceptors (Lipinski definition) is 5. The van der Waals surface area contributed by atoms with Gasteiger partial charge in [0.15, 0.2) is 5.82 Å². The molecule has 4 bridgehead atoms. The van der Waals surface area contributed by atoms with Gasteiger partial charge in [0.2, 0.25) is 0 Å². The maximum atomic E-state index is 13.9. The van der Waals surface area contributed by atoms with Gasteiger partial charge in [-0.3, -0.25) is 4.79 Å². The first-order chi connectivity index (χ1) is 21.1. The topological polar surface area (TPSA) is 91.2 Å². The zero-order chi connectivity index (χ0) is 29.1. The van der Waals surface area contributed by atoms with Crippen molar-refractivity contribution in [2.75, 3.05) is 13.7 Å². The van der Waals surface area contributed by atoms with Crippen molar-refractivity contribution in [3.8, 4) is 17.3 Å². The Morgan fingerprint density at radius 1 is 1.05 bits per heavy atom. The van der Waals surface area contributed by atoms with Gasteiger partial charge in [-0.1, -0.05) is 30.4 Å². The van der Waals surface area contributed by atoms with Gasteiger partial charge >= 0.3 is 0 Å². The molecule has 8 nitrogen and oxygen atoms in total.